The van der Waals surface area contributed by atoms with E-state index in [1.807, 2.05) is 54.6 Å². The number of nitrogens with one attached hydrogen (secondary N) is 1. The van der Waals surface area contributed by atoms with E-state index in [2.05, 4.69) is 5.32 Å². The molecule has 0 radical (unpaired) electrons. The average Bonchev–Trinajstić information content (AvgIpc) is 3.68. The average molecular weight is 594 g/mol. The highest BCUT2D eigenvalue weighted by molar-refractivity contribution is 8.17. The summed E-state index contributed by atoms with van der Waals surface area (Å²) in [5.74, 6) is -0.374. The molecule has 1 N–H and O–H groups in total. The molecule has 1 saturated heterocycles. The summed E-state index contributed by atoms with van der Waals surface area (Å²) in [6.07, 6.45) is -2.30. The van der Waals surface area contributed by atoms with E-state index in [4.69, 9.17) is 25.9 Å². The smallest absolute Gasteiger partial charge is 0.416 e. The van der Waals surface area contributed by atoms with Crippen molar-refractivity contribution in [3.63, 3.8) is 0 Å². The maximum Gasteiger partial charge on any atom is 0.416 e. The molecule has 3 aliphatic rings. The van der Waals surface area contributed by atoms with Crippen molar-refractivity contribution in [3.8, 4) is 17.1 Å². The first-order chi connectivity index (χ1) is 19.7. The third-order valence-electron chi connectivity index (χ3n) is 7.14. The molecule has 4 aromatic rings. The normalized spacial score (nSPS) is 22.4. The van der Waals surface area contributed by atoms with E-state index >= 15 is 0 Å². The van der Waals surface area contributed by atoms with Crippen LogP contribution in [-0.4, -0.2) is 21.8 Å². The number of nitrogens with zero attached hydrogens (tertiary/aromatic N) is 2. The lowest BCUT2D eigenvalue weighted by molar-refractivity contribution is -0.137. The number of hydrogen-bond acceptors (Lipinski definition) is 6. The number of carbonyl (C=O) groups excluding carboxylic acids is 1. The lowest BCUT2D eigenvalue weighted by atomic mass is 9.96. The molecule has 3 aromatic carbocycles. The topological polar surface area (TPSA) is 67.1 Å². The Balaban J connectivity index is 1.31. The van der Waals surface area contributed by atoms with Gasteiger partial charge in [-0.25, -0.2) is 5.01 Å². The van der Waals surface area contributed by atoms with Gasteiger partial charge in [-0.2, -0.15) is 18.3 Å². The van der Waals surface area contributed by atoms with Gasteiger partial charge < -0.3 is 9.15 Å². The molecule has 1 aromatic heterocycles. The number of rotatable bonds is 3. The fourth-order valence-electron chi connectivity index (χ4n) is 5.27. The zero-order valence-electron chi connectivity index (χ0n) is 21.0. The van der Waals surface area contributed by atoms with Crippen LogP contribution in [0.15, 0.2) is 99.4 Å². The molecule has 4 heterocycles. The predicted octanol–water partition coefficient (Wildman–Crippen LogP) is 8.31. The molecule has 1 fully saturated rings. The minimum absolute atomic E-state index is 0.105. The highest BCUT2D eigenvalue weighted by Gasteiger charge is 2.58. The zero-order chi connectivity index (χ0) is 28.4. The van der Waals surface area contributed by atoms with Gasteiger partial charge >= 0.3 is 12.0 Å². The predicted molar refractivity (Wildman–Crippen MR) is 150 cm³/mol. The first kappa shape index (κ1) is 25.8. The number of hydrazone groups is 1. The summed E-state index contributed by atoms with van der Waals surface area (Å²) in [6, 6.07) is 23.4. The molecular formula is C30H19ClF3N3O3S. The van der Waals surface area contributed by atoms with Crippen LogP contribution in [0.5, 0.6) is 5.75 Å². The van der Waals surface area contributed by atoms with Crippen molar-refractivity contribution in [2.45, 2.75) is 24.5 Å². The van der Waals surface area contributed by atoms with E-state index in [0.717, 1.165) is 40.7 Å². The molecule has 41 heavy (non-hydrogen) atoms. The number of alkyl halides is 3. The second-order valence-corrected chi connectivity index (χ2v) is 11.1. The SMILES string of the molecule is O=C1NC2(Oc3ccccc3C3CC(c4ccccc4)=NN32)C(=Cc2ccc(-c3cc(C(F)(F)F)ccc3Cl)o2)S1. The summed E-state index contributed by atoms with van der Waals surface area (Å²) in [5.41, 5.74) is 2.02. The van der Waals surface area contributed by atoms with Gasteiger partial charge in [-0.1, -0.05) is 60.1 Å². The first-order valence-electron chi connectivity index (χ1n) is 12.6. The number of thioether (sulfide) groups is 1. The van der Waals surface area contributed by atoms with E-state index in [1.54, 1.807) is 17.2 Å². The lowest BCUT2D eigenvalue weighted by Gasteiger charge is -2.44. The van der Waals surface area contributed by atoms with Crippen LogP contribution >= 0.6 is 23.4 Å². The van der Waals surface area contributed by atoms with Crippen molar-refractivity contribution in [3.05, 3.63) is 117 Å². The molecule has 2 unspecified atom stereocenters. The molecule has 2 atom stereocenters. The molecule has 0 aliphatic carbocycles. The van der Waals surface area contributed by atoms with Gasteiger partial charge in [0.25, 0.3) is 5.24 Å². The molecule has 0 saturated carbocycles. The van der Waals surface area contributed by atoms with Crippen LogP contribution in [-0.2, 0) is 6.18 Å². The Bertz CT molecular complexity index is 1750. The largest absolute Gasteiger partial charge is 0.457 e. The Morgan fingerprint density at radius 2 is 1.83 bits per heavy atom. The maximum absolute atomic E-state index is 13.3. The highest BCUT2D eigenvalue weighted by atomic mass is 35.5. The number of amides is 1. The molecule has 6 nitrogen and oxygen atoms in total. The van der Waals surface area contributed by atoms with Crippen molar-refractivity contribution in [2.75, 3.05) is 0 Å². The van der Waals surface area contributed by atoms with E-state index < -0.39 is 17.6 Å². The molecule has 1 amide bonds. The van der Waals surface area contributed by atoms with Crippen molar-refractivity contribution in [1.29, 1.82) is 0 Å². The lowest BCUT2D eigenvalue weighted by Crippen LogP contribution is -2.61. The van der Waals surface area contributed by atoms with Crippen LogP contribution in [0.25, 0.3) is 17.4 Å². The fraction of sp³-hybridized carbons (Fsp3) is 0.133. The Labute approximate surface area is 241 Å². The highest BCUT2D eigenvalue weighted by Crippen LogP contribution is 2.53. The molecule has 3 aliphatic heterocycles. The minimum Gasteiger partial charge on any atom is -0.457 e. The quantitative estimate of drug-likeness (QED) is 0.259. The van der Waals surface area contributed by atoms with Gasteiger partial charge in [0.1, 0.15) is 17.3 Å². The summed E-state index contributed by atoms with van der Waals surface area (Å²) in [4.78, 5) is 13.3. The Kier molecular flexibility index (Phi) is 5.95. The molecular weight excluding hydrogens is 575 g/mol. The Morgan fingerprint density at radius 1 is 1.05 bits per heavy atom. The van der Waals surface area contributed by atoms with Gasteiger partial charge in [0.05, 0.1) is 27.2 Å². The Morgan fingerprint density at radius 3 is 2.63 bits per heavy atom. The van der Waals surface area contributed by atoms with Gasteiger partial charge in [-0.05, 0) is 59.8 Å². The van der Waals surface area contributed by atoms with Gasteiger partial charge in [0, 0.05) is 17.5 Å². The second-order valence-electron chi connectivity index (χ2n) is 9.68. The first-order valence-corrected chi connectivity index (χ1v) is 13.8. The van der Waals surface area contributed by atoms with E-state index in [9.17, 15) is 18.0 Å². The number of para-hydroxylation sites is 1. The molecule has 1 spiro atoms. The van der Waals surface area contributed by atoms with Gasteiger partial charge in [0.2, 0.25) is 0 Å². The van der Waals surface area contributed by atoms with E-state index in [1.165, 1.54) is 12.1 Å². The molecule has 7 rings (SSSR count). The summed E-state index contributed by atoms with van der Waals surface area (Å²) < 4.78 is 52.4. The summed E-state index contributed by atoms with van der Waals surface area (Å²) in [5, 5.41) is 9.45. The van der Waals surface area contributed by atoms with Crippen LogP contribution in [0.2, 0.25) is 5.02 Å². The van der Waals surface area contributed by atoms with Crippen molar-refractivity contribution in [1.82, 2.24) is 10.3 Å². The maximum atomic E-state index is 13.3. The van der Waals surface area contributed by atoms with Gasteiger partial charge in [-0.3, -0.25) is 10.1 Å². The number of carbonyl (C=O) groups is 1. The molecule has 0 bridgehead atoms. The van der Waals surface area contributed by atoms with E-state index in [0.29, 0.717) is 22.8 Å². The number of halogens is 4. The third-order valence-corrected chi connectivity index (χ3v) is 8.37. The third kappa shape index (κ3) is 4.38. The van der Waals surface area contributed by atoms with Crippen LogP contribution in [0, 0.1) is 0 Å². The number of hydrogen-bond donors (Lipinski definition) is 1. The van der Waals surface area contributed by atoms with E-state index in [-0.39, 0.29) is 27.6 Å². The number of furan rings is 1. The van der Waals surface area contributed by atoms with Crippen LogP contribution in [0.4, 0.5) is 18.0 Å². The number of ether oxygens (including phenoxy) is 1. The fourth-order valence-corrected chi connectivity index (χ4v) is 6.36. The molecule has 11 heteroatoms. The summed E-state index contributed by atoms with van der Waals surface area (Å²) >= 11 is 7.17. The van der Waals surface area contributed by atoms with Crippen molar-refractivity contribution in [2.24, 2.45) is 5.10 Å². The monoisotopic (exact) mass is 593 g/mol. The van der Waals surface area contributed by atoms with Crippen LogP contribution in [0.1, 0.15) is 34.9 Å². The van der Waals surface area contributed by atoms with Gasteiger partial charge in [0.15, 0.2) is 0 Å². The summed E-state index contributed by atoms with van der Waals surface area (Å²) in [6.45, 7) is 0. The molecule has 206 valence electrons. The standard InChI is InChI=1S/C30H19ClF3N3O3S/c31-22-12-10-18(29(32,33)34)14-21(22)25-13-11-19(39-25)15-27-30(35-28(38)41-27)37-24(20-8-4-5-9-26(20)40-30)16-23(36-37)17-6-2-1-3-7-17/h1-15,24H,16H2,(H,35,38). The van der Waals surface area contributed by atoms with Crippen molar-refractivity contribution >= 4 is 40.4 Å². The Hall–Kier alpha value is -4.15. The zero-order valence-corrected chi connectivity index (χ0v) is 22.6. The van der Waals surface area contributed by atoms with Crippen LogP contribution in [0.3, 0.4) is 0 Å². The summed E-state index contributed by atoms with van der Waals surface area (Å²) in [7, 11) is 0. The van der Waals surface area contributed by atoms with Crippen LogP contribution < -0.4 is 10.1 Å². The number of fused-ring (bicyclic) bond motifs is 4. The second kappa shape index (κ2) is 9.46. The van der Waals surface area contributed by atoms with Crippen molar-refractivity contribution < 1.29 is 27.1 Å². The minimum atomic E-state index is -4.53. The van der Waals surface area contributed by atoms with Gasteiger partial charge in [-0.15, -0.1) is 0 Å². The number of benzene rings is 3.